The topological polar surface area (TPSA) is 46.2 Å². The molecule has 2 nitrogen and oxygen atoms in total. The zero-order chi connectivity index (χ0) is 14.7. The summed E-state index contributed by atoms with van der Waals surface area (Å²) < 4.78 is 0. The van der Waals surface area contributed by atoms with E-state index in [2.05, 4.69) is 0 Å². The zero-order valence-corrected chi connectivity index (χ0v) is 14.1. The van der Waals surface area contributed by atoms with Crippen molar-refractivity contribution in [2.75, 3.05) is 0 Å². The number of halogens is 4. The summed E-state index contributed by atoms with van der Waals surface area (Å²) in [5, 5.41) is 11.4. The average Bonchev–Trinajstić information content (AvgIpc) is 2.43. The highest BCUT2D eigenvalue weighted by atomic mass is 35.5. The van der Waals surface area contributed by atoms with E-state index in [4.69, 9.17) is 40.5 Å². The number of hydrogen-bond acceptors (Lipinski definition) is 2. The van der Waals surface area contributed by atoms with Crippen molar-refractivity contribution in [3.63, 3.8) is 0 Å². The molecule has 0 radical (unpaired) electrons. The Kier molecular flexibility index (Phi) is 7.28. The summed E-state index contributed by atoms with van der Waals surface area (Å²) in [6, 6.07) is 12.1. The molecule has 0 aromatic heterocycles. The summed E-state index contributed by atoms with van der Waals surface area (Å²) in [7, 11) is 0. The van der Waals surface area contributed by atoms with Gasteiger partial charge in [-0.3, -0.25) is 0 Å². The van der Waals surface area contributed by atoms with Gasteiger partial charge in [0, 0.05) is 11.4 Å². The smallest absolute Gasteiger partial charge is 0.0773 e. The maximum absolute atomic E-state index is 10.3. The van der Waals surface area contributed by atoms with Gasteiger partial charge in [0.05, 0.1) is 22.2 Å². The van der Waals surface area contributed by atoms with E-state index in [1.54, 1.807) is 12.1 Å². The van der Waals surface area contributed by atoms with Crippen LogP contribution in [0.3, 0.4) is 0 Å². The Labute approximate surface area is 145 Å². The average molecular weight is 367 g/mol. The Morgan fingerprint density at radius 2 is 1.67 bits per heavy atom. The van der Waals surface area contributed by atoms with Crippen LogP contribution in [0.15, 0.2) is 42.5 Å². The van der Waals surface area contributed by atoms with E-state index in [-0.39, 0.29) is 12.4 Å². The minimum absolute atomic E-state index is 0. The lowest BCUT2D eigenvalue weighted by Gasteiger charge is -2.21. The van der Waals surface area contributed by atoms with E-state index in [1.165, 1.54) is 0 Å². The molecule has 6 heteroatoms. The van der Waals surface area contributed by atoms with E-state index >= 15 is 0 Å². The normalized spacial score (nSPS) is 13.4. The molecule has 0 saturated carbocycles. The Bertz CT molecular complexity index is 592. The quantitative estimate of drug-likeness (QED) is 0.772. The van der Waals surface area contributed by atoms with E-state index in [9.17, 15) is 5.11 Å². The Hall–Kier alpha value is -0.480. The summed E-state index contributed by atoms with van der Waals surface area (Å²) >= 11 is 18.1. The van der Waals surface area contributed by atoms with Crippen LogP contribution in [-0.2, 0) is 6.42 Å². The van der Waals surface area contributed by atoms with Crippen LogP contribution in [0.25, 0.3) is 0 Å². The predicted octanol–water partition coefficient (Wildman–Crippen LogP) is 4.67. The first-order chi connectivity index (χ1) is 9.49. The number of aliphatic hydroxyl groups excluding tert-OH is 1. The number of benzene rings is 2. The standard InChI is InChI=1S/C15H14Cl3NO.ClH/c16-10-7-11(14(18)12(17)8-10)15(19)13(20)6-9-4-2-1-3-5-9;/h1-5,7-8,13,15,20H,6,19H2;1H/t13-,15+;/m0./s1. The highest BCUT2D eigenvalue weighted by Gasteiger charge is 2.21. The summed E-state index contributed by atoms with van der Waals surface area (Å²) in [4.78, 5) is 0. The zero-order valence-electron chi connectivity index (χ0n) is 11.0. The molecule has 0 unspecified atom stereocenters. The second-order valence-electron chi connectivity index (χ2n) is 4.57. The second kappa shape index (κ2) is 8.23. The van der Waals surface area contributed by atoms with Crippen LogP contribution < -0.4 is 5.73 Å². The molecule has 0 amide bonds. The van der Waals surface area contributed by atoms with Crippen molar-refractivity contribution in [3.05, 3.63) is 68.7 Å². The van der Waals surface area contributed by atoms with Gasteiger partial charge in [0.2, 0.25) is 0 Å². The van der Waals surface area contributed by atoms with Gasteiger partial charge in [-0.15, -0.1) is 12.4 Å². The van der Waals surface area contributed by atoms with Crippen LogP contribution in [0, 0.1) is 0 Å². The monoisotopic (exact) mass is 365 g/mol. The van der Waals surface area contributed by atoms with E-state index in [1.807, 2.05) is 30.3 Å². The Balaban J connectivity index is 0.00000220. The van der Waals surface area contributed by atoms with Gasteiger partial charge in [0.25, 0.3) is 0 Å². The van der Waals surface area contributed by atoms with Crippen LogP contribution in [0.2, 0.25) is 15.1 Å². The van der Waals surface area contributed by atoms with Crippen molar-refractivity contribution < 1.29 is 5.11 Å². The van der Waals surface area contributed by atoms with Gasteiger partial charge in [-0.2, -0.15) is 0 Å². The summed E-state index contributed by atoms with van der Waals surface area (Å²) in [5.74, 6) is 0. The number of hydrogen-bond donors (Lipinski definition) is 2. The fourth-order valence-corrected chi connectivity index (χ4v) is 2.75. The molecule has 114 valence electrons. The molecule has 2 aromatic carbocycles. The minimum atomic E-state index is -0.774. The van der Waals surface area contributed by atoms with E-state index in [0.717, 1.165) is 5.56 Å². The SMILES string of the molecule is Cl.N[C@H](c1cc(Cl)cc(Cl)c1Cl)[C@@H](O)Cc1ccccc1. The molecule has 0 bridgehead atoms. The number of rotatable bonds is 4. The lowest BCUT2D eigenvalue weighted by Crippen LogP contribution is -2.28. The first kappa shape index (κ1) is 18.6. The molecule has 0 heterocycles. The van der Waals surface area contributed by atoms with Crippen molar-refractivity contribution in [1.29, 1.82) is 0 Å². The summed E-state index contributed by atoms with van der Waals surface area (Å²) in [5.41, 5.74) is 7.62. The van der Waals surface area contributed by atoms with Crippen LogP contribution in [0.1, 0.15) is 17.2 Å². The summed E-state index contributed by atoms with van der Waals surface area (Å²) in [6.45, 7) is 0. The fourth-order valence-electron chi connectivity index (χ4n) is 2.01. The van der Waals surface area contributed by atoms with Crippen LogP contribution in [-0.4, -0.2) is 11.2 Å². The molecular weight excluding hydrogens is 352 g/mol. The van der Waals surface area contributed by atoms with Gasteiger partial charge in [-0.25, -0.2) is 0 Å². The van der Waals surface area contributed by atoms with Gasteiger partial charge >= 0.3 is 0 Å². The minimum Gasteiger partial charge on any atom is -0.391 e. The molecular formula is C15H15Cl4NO. The third-order valence-electron chi connectivity index (χ3n) is 3.08. The third-order valence-corrected chi connectivity index (χ3v) is 4.12. The van der Waals surface area contributed by atoms with Crippen molar-refractivity contribution in [2.45, 2.75) is 18.6 Å². The van der Waals surface area contributed by atoms with Gasteiger partial charge in [-0.05, 0) is 23.3 Å². The highest BCUT2D eigenvalue weighted by Crippen LogP contribution is 2.34. The van der Waals surface area contributed by atoms with Gasteiger partial charge in [-0.1, -0.05) is 65.1 Å². The largest absolute Gasteiger partial charge is 0.391 e. The maximum atomic E-state index is 10.3. The lowest BCUT2D eigenvalue weighted by atomic mass is 9.97. The van der Waals surface area contributed by atoms with Crippen LogP contribution in [0.4, 0.5) is 0 Å². The molecule has 0 aliphatic heterocycles. The number of nitrogens with two attached hydrogens (primary N) is 1. The molecule has 2 aromatic rings. The first-order valence-corrected chi connectivity index (χ1v) is 7.24. The molecule has 0 aliphatic rings. The first-order valence-electron chi connectivity index (χ1n) is 6.11. The lowest BCUT2D eigenvalue weighted by molar-refractivity contribution is 0.145. The molecule has 2 atom stereocenters. The van der Waals surface area contributed by atoms with Crippen LogP contribution in [0.5, 0.6) is 0 Å². The predicted molar refractivity (Wildman–Crippen MR) is 91.8 cm³/mol. The van der Waals surface area contributed by atoms with Gasteiger partial charge in [0.15, 0.2) is 0 Å². The Morgan fingerprint density at radius 3 is 2.29 bits per heavy atom. The fraction of sp³-hybridized carbons (Fsp3) is 0.200. The molecule has 2 rings (SSSR count). The second-order valence-corrected chi connectivity index (χ2v) is 5.80. The van der Waals surface area contributed by atoms with Crippen LogP contribution >= 0.6 is 47.2 Å². The van der Waals surface area contributed by atoms with Crippen molar-refractivity contribution in [3.8, 4) is 0 Å². The van der Waals surface area contributed by atoms with E-state index in [0.29, 0.717) is 27.1 Å². The third kappa shape index (κ3) is 4.75. The highest BCUT2D eigenvalue weighted by molar-refractivity contribution is 6.43. The maximum Gasteiger partial charge on any atom is 0.0773 e. The van der Waals surface area contributed by atoms with Crippen molar-refractivity contribution in [1.82, 2.24) is 0 Å². The molecule has 0 fully saturated rings. The molecule has 0 aliphatic carbocycles. The van der Waals surface area contributed by atoms with Gasteiger partial charge < -0.3 is 10.8 Å². The van der Waals surface area contributed by atoms with E-state index < -0.39 is 12.1 Å². The van der Waals surface area contributed by atoms with Gasteiger partial charge in [0.1, 0.15) is 0 Å². The molecule has 3 N–H and O–H groups in total. The van der Waals surface area contributed by atoms with Crippen molar-refractivity contribution >= 4 is 47.2 Å². The molecule has 21 heavy (non-hydrogen) atoms. The molecule has 0 saturated heterocycles. The summed E-state index contributed by atoms with van der Waals surface area (Å²) in [6.07, 6.45) is -0.341. The Morgan fingerprint density at radius 1 is 1.05 bits per heavy atom. The number of aliphatic hydroxyl groups is 1. The van der Waals surface area contributed by atoms with Crippen molar-refractivity contribution in [2.24, 2.45) is 5.73 Å². The molecule has 0 spiro atoms.